The second kappa shape index (κ2) is 27.3. The Balaban J connectivity index is -0.000000608. The van der Waals surface area contributed by atoms with Crippen molar-refractivity contribution in [1.82, 2.24) is 15.5 Å². The van der Waals surface area contributed by atoms with E-state index in [1.165, 1.54) is 0 Å². The highest BCUT2D eigenvalue weighted by atomic mass is 28.4. The van der Waals surface area contributed by atoms with Crippen LogP contribution < -0.4 is 16.4 Å². The van der Waals surface area contributed by atoms with Crippen LogP contribution in [0.15, 0.2) is 0 Å². The zero-order valence-electron chi connectivity index (χ0n) is 29.9. The Morgan fingerprint density at radius 2 is 1.27 bits per heavy atom. The van der Waals surface area contributed by atoms with Crippen LogP contribution in [-0.4, -0.2) is 97.6 Å². The average molecular weight is 651 g/mol. The number of esters is 1. The number of primary amides is 1. The average Bonchev–Trinajstić information content (AvgIpc) is 2.97. The number of nitrogens with two attached hydrogens (primary N) is 1. The Morgan fingerprint density at radius 1 is 0.818 bits per heavy atom. The maximum Gasteiger partial charge on any atom is 0.500 e. The molecule has 0 saturated carbocycles. The van der Waals surface area contributed by atoms with Gasteiger partial charge < -0.3 is 39.3 Å². The number of ether oxygens (including phenoxy) is 1. The normalized spacial score (nSPS) is 12.6. The molecule has 4 N–H and O–H groups in total. The van der Waals surface area contributed by atoms with Gasteiger partial charge in [0.15, 0.2) is 0 Å². The number of nitrogens with one attached hydrogen (secondary N) is 2. The SMILES string of the molecule is CCC(C)(C)C(=O)OCCN(C)C.CCC(C)C(=O)NCC(N)=O.CCO[Si](CCCNC(=O)C(C)CC)(OCC)OCC. The molecule has 0 spiro atoms. The van der Waals surface area contributed by atoms with E-state index < -0.39 is 14.7 Å². The highest BCUT2D eigenvalue weighted by Gasteiger charge is 2.39. The molecule has 2 atom stereocenters. The van der Waals surface area contributed by atoms with Gasteiger partial charge in [0.1, 0.15) is 6.61 Å². The zero-order valence-corrected chi connectivity index (χ0v) is 30.9. The lowest BCUT2D eigenvalue weighted by atomic mass is 9.91. The van der Waals surface area contributed by atoms with Crippen LogP contribution in [-0.2, 0) is 37.2 Å². The molecule has 0 bridgehead atoms. The smallest absolute Gasteiger partial charge is 0.464 e. The Kier molecular flexibility index (Phi) is 28.7. The first-order valence-electron chi connectivity index (χ1n) is 16.1. The van der Waals surface area contributed by atoms with Crippen LogP contribution in [0, 0.1) is 17.3 Å². The van der Waals surface area contributed by atoms with Gasteiger partial charge in [0.25, 0.3) is 0 Å². The molecule has 3 amide bonds. The van der Waals surface area contributed by atoms with Crippen LogP contribution in [0.25, 0.3) is 0 Å². The lowest BCUT2D eigenvalue weighted by Crippen LogP contribution is -2.46. The molecular formula is C31H66N4O8Si. The highest BCUT2D eigenvalue weighted by molar-refractivity contribution is 6.60. The third-order valence-electron chi connectivity index (χ3n) is 6.82. The minimum Gasteiger partial charge on any atom is -0.464 e. The molecule has 0 aliphatic rings. The molecule has 0 rings (SSSR count). The Hall–Kier alpha value is -2.06. The minimum atomic E-state index is -2.55. The summed E-state index contributed by atoms with van der Waals surface area (Å²) in [6.07, 6.45) is 3.26. The number of hydrogen-bond donors (Lipinski definition) is 3. The van der Waals surface area contributed by atoms with E-state index in [1.54, 1.807) is 6.92 Å². The first-order chi connectivity index (χ1) is 20.5. The van der Waals surface area contributed by atoms with E-state index in [9.17, 15) is 19.2 Å². The minimum absolute atomic E-state index is 0.0469. The molecule has 0 saturated heterocycles. The van der Waals surface area contributed by atoms with Crippen molar-refractivity contribution in [1.29, 1.82) is 0 Å². The number of carbonyl (C=O) groups excluding carboxylic acids is 4. The quantitative estimate of drug-likeness (QED) is 0.0956. The van der Waals surface area contributed by atoms with Crippen molar-refractivity contribution in [3.8, 4) is 0 Å². The lowest BCUT2D eigenvalue weighted by molar-refractivity contribution is -0.154. The third kappa shape index (κ3) is 24.3. The summed E-state index contributed by atoms with van der Waals surface area (Å²) in [7, 11) is 1.36. The molecule has 0 radical (unpaired) electrons. The summed E-state index contributed by atoms with van der Waals surface area (Å²) >= 11 is 0. The van der Waals surface area contributed by atoms with Crippen molar-refractivity contribution in [3.05, 3.63) is 0 Å². The van der Waals surface area contributed by atoms with Crippen molar-refractivity contribution in [2.24, 2.45) is 23.0 Å². The predicted octanol–water partition coefficient (Wildman–Crippen LogP) is 3.75. The fourth-order valence-electron chi connectivity index (χ4n) is 3.07. The molecule has 0 heterocycles. The Morgan fingerprint density at radius 3 is 1.64 bits per heavy atom. The monoisotopic (exact) mass is 650 g/mol. The van der Waals surface area contributed by atoms with Gasteiger partial charge in [-0.25, -0.2) is 0 Å². The molecule has 0 aromatic heterocycles. The van der Waals surface area contributed by atoms with Gasteiger partial charge in [0, 0.05) is 50.8 Å². The van der Waals surface area contributed by atoms with Gasteiger partial charge in [-0.15, -0.1) is 0 Å². The highest BCUT2D eigenvalue weighted by Crippen LogP contribution is 2.21. The van der Waals surface area contributed by atoms with Crippen LogP contribution in [0.4, 0.5) is 0 Å². The molecular weight excluding hydrogens is 584 g/mol. The molecule has 0 aliphatic heterocycles. The molecule has 13 heteroatoms. The van der Waals surface area contributed by atoms with Crippen molar-refractivity contribution in [2.45, 2.75) is 101 Å². The van der Waals surface area contributed by atoms with Crippen molar-refractivity contribution >= 4 is 32.5 Å². The number of hydrogen-bond acceptors (Lipinski definition) is 9. The van der Waals surface area contributed by atoms with Gasteiger partial charge >= 0.3 is 14.8 Å². The summed E-state index contributed by atoms with van der Waals surface area (Å²) in [4.78, 5) is 46.3. The molecule has 44 heavy (non-hydrogen) atoms. The third-order valence-corrected chi connectivity index (χ3v) is 9.97. The Labute approximate surface area is 269 Å². The summed E-state index contributed by atoms with van der Waals surface area (Å²) in [6.45, 7) is 22.9. The number of nitrogens with zero attached hydrogens (tertiary/aromatic N) is 1. The van der Waals surface area contributed by atoms with Gasteiger partial charge in [-0.2, -0.15) is 0 Å². The number of rotatable bonds is 21. The second-order valence-electron chi connectivity index (χ2n) is 11.4. The molecule has 0 fully saturated rings. The first kappa shape index (κ1) is 46.4. The van der Waals surface area contributed by atoms with E-state index in [4.69, 9.17) is 23.7 Å². The molecule has 0 aliphatic carbocycles. The predicted molar refractivity (Wildman–Crippen MR) is 178 cm³/mol. The molecule has 0 aromatic carbocycles. The van der Waals surface area contributed by atoms with Crippen LogP contribution in [0.5, 0.6) is 0 Å². The van der Waals surface area contributed by atoms with Crippen LogP contribution >= 0.6 is 0 Å². The van der Waals surface area contributed by atoms with Crippen molar-refractivity contribution < 1.29 is 37.2 Å². The standard InChI is InChI=1S/C14H31NO4Si.C10H21NO2.C7H14N2O2/c1-6-13(5)14(16)15-11-10-12-20(17-7-2,18-8-3)19-9-4;1-6-10(2,3)9(12)13-8-7-11(4)5;1-3-5(2)7(11)9-4-6(8)10/h13H,6-12H2,1-5H3,(H,15,16);6-8H2,1-5H3;5H,3-4H2,1-2H3,(H2,8,10)(H,9,11). The molecule has 0 aromatic rings. The summed E-state index contributed by atoms with van der Waals surface area (Å²) in [5.74, 6) is -0.592. The van der Waals surface area contributed by atoms with Gasteiger partial charge in [-0.3, -0.25) is 19.2 Å². The fourth-order valence-corrected chi connectivity index (χ4v) is 5.68. The summed E-state index contributed by atoms with van der Waals surface area (Å²) in [5, 5.41) is 5.37. The molecule has 2 unspecified atom stereocenters. The number of carbonyl (C=O) groups is 4. The first-order valence-corrected chi connectivity index (χ1v) is 18.0. The molecule has 262 valence electrons. The van der Waals surface area contributed by atoms with E-state index in [1.807, 2.05) is 81.3 Å². The van der Waals surface area contributed by atoms with Gasteiger partial charge in [0.2, 0.25) is 17.7 Å². The fraction of sp³-hybridized carbons (Fsp3) is 0.871. The van der Waals surface area contributed by atoms with E-state index in [0.717, 1.165) is 38.3 Å². The van der Waals surface area contributed by atoms with Crippen LogP contribution in [0.3, 0.4) is 0 Å². The number of amides is 3. The van der Waals surface area contributed by atoms with Crippen molar-refractivity contribution in [2.75, 3.05) is 60.2 Å². The van der Waals surface area contributed by atoms with Gasteiger partial charge in [-0.05, 0) is 74.4 Å². The van der Waals surface area contributed by atoms with E-state index >= 15 is 0 Å². The van der Waals surface area contributed by atoms with E-state index in [0.29, 0.717) is 33.0 Å². The van der Waals surface area contributed by atoms with Gasteiger partial charge in [0.05, 0.1) is 12.0 Å². The maximum absolute atomic E-state index is 11.7. The lowest BCUT2D eigenvalue weighted by Gasteiger charge is -2.28. The second-order valence-corrected chi connectivity index (χ2v) is 14.1. The topological polar surface area (TPSA) is 159 Å². The van der Waals surface area contributed by atoms with E-state index in [2.05, 4.69) is 10.6 Å². The largest absolute Gasteiger partial charge is 0.500 e. The number of likely N-dealkylation sites (N-methyl/N-ethyl adjacent to an activating group) is 1. The zero-order chi connectivity index (χ0) is 34.8. The van der Waals surface area contributed by atoms with Crippen molar-refractivity contribution in [3.63, 3.8) is 0 Å². The molecule has 12 nitrogen and oxygen atoms in total. The summed E-state index contributed by atoms with van der Waals surface area (Å²) in [5.41, 5.74) is 4.49. The van der Waals surface area contributed by atoms with Crippen LogP contribution in [0.1, 0.15) is 94.9 Å². The van der Waals surface area contributed by atoms with Crippen LogP contribution in [0.2, 0.25) is 6.04 Å². The Bertz CT molecular complexity index is 767. The maximum atomic E-state index is 11.7. The van der Waals surface area contributed by atoms with E-state index in [-0.39, 0.29) is 41.6 Å². The summed E-state index contributed by atoms with van der Waals surface area (Å²) < 4.78 is 22.4. The van der Waals surface area contributed by atoms with Gasteiger partial charge in [-0.1, -0.05) is 34.6 Å². The summed E-state index contributed by atoms with van der Waals surface area (Å²) in [6, 6.07) is 0.739.